The van der Waals surface area contributed by atoms with Crippen molar-refractivity contribution in [2.45, 2.75) is 23.8 Å². The lowest BCUT2D eigenvalue weighted by Crippen LogP contribution is -2.39. The predicted molar refractivity (Wildman–Crippen MR) is 66.2 cm³/mol. The van der Waals surface area contributed by atoms with E-state index in [4.69, 9.17) is 0 Å². The van der Waals surface area contributed by atoms with E-state index in [0.29, 0.717) is 0 Å². The molecule has 0 N–H and O–H groups in total. The highest BCUT2D eigenvalue weighted by atomic mass is 79.9. The first kappa shape index (κ1) is 11.7. The molecular weight excluding hydrogens is 268 g/mol. The van der Waals surface area contributed by atoms with Gasteiger partial charge < -0.3 is 4.79 Å². The van der Waals surface area contributed by atoms with Crippen LogP contribution in [-0.4, -0.2) is 28.2 Å². The average molecular weight is 283 g/mol. The number of carbonyl (C=O) groups excluding carboxylic acids is 1. The van der Waals surface area contributed by atoms with Crippen LogP contribution in [0.25, 0.3) is 0 Å². The van der Waals surface area contributed by atoms with Gasteiger partial charge in [0.05, 0.1) is 16.7 Å². The maximum absolute atomic E-state index is 10.9. The number of hydrogen-bond donors (Lipinski definition) is 0. The van der Waals surface area contributed by atoms with Crippen molar-refractivity contribution < 1.29 is 4.79 Å². The highest BCUT2D eigenvalue weighted by molar-refractivity contribution is 9.09. The Labute approximate surface area is 104 Å². The van der Waals surface area contributed by atoms with E-state index >= 15 is 0 Å². The Hall–Kier alpha value is -0.740. The van der Waals surface area contributed by atoms with E-state index in [1.54, 1.807) is 6.20 Å². The summed E-state index contributed by atoms with van der Waals surface area (Å²) in [5, 5.41) is 0. The first-order valence-corrected chi connectivity index (χ1v) is 6.36. The molecule has 1 aromatic heterocycles. The van der Waals surface area contributed by atoms with E-state index in [1.807, 2.05) is 18.2 Å². The zero-order valence-corrected chi connectivity index (χ0v) is 10.8. The quantitative estimate of drug-likeness (QED) is 0.474. The van der Waals surface area contributed by atoms with Crippen molar-refractivity contribution in [1.82, 2.24) is 9.88 Å². The van der Waals surface area contributed by atoms with E-state index < -0.39 is 0 Å². The summed E-state index contributed by atoms with van der Waals surface area (Å²) in [6, 6.07) is 6.15. The molecule has 1 aromatic rings. The molecule has 2 heterocycles. The Bertz CT molecular complexity index is 357. The van der Waals surface area contributed by atoms with Crippen LogP contribution in [0, 0.1) is 5.92 Å². The molecule has 86 valence electrons. The van der Waals surface area contributed by atoms with Gasteiger partial charge in [-0.25, -0.2) is 0 Å². The summed E-state index contributed by atoms with van der Waals surface area (Å²) in [5.74, 6) is 0.132. The summed E-state index contributed by atoms with van der Waals surface area (Å²) >= 11 is 3.61. The van der Waals surface area contributed by atoms with Crippen LogP contribution in [0.15, 0.2) is 24.4 Å². The van der Waals surface area contributed by atoms with Gasteiger partial charge in [-0.15, -0.1) is 0 Å². The number of aromatic nitrogens is 1. The largest absolute Gasteiger partial charge is 0.303 e. The summed E-state index contributed by atoms with van der Waals surface area (Å²) in [6.45, 7) is 0. The number of likely N-dealkylation sites (tertiary alicyclic amines) is 1. The van der Waals surface area contributed by atoms with Crippen LogP contribution in [0.2, 0.25) is 0 Å². The van der Waals surface area contributed by atoms with E-state index in [2.05, 4.69) is 32.9 Å². The zero-order valence-electron chi connectivity index (χ0n) is 9.21. The first-order valence-electron chi connectivity index (χ1n) is 5.44. The van der Waals surface area contributed by atoms with Crippen molar-refractivity contribution in [1.29, 1.82) is 0 Å². The lowest BCUT2D eigenvalue weighted by Gasteiger charge is -2.38. The third-order valence-corrected chi connectivity index (χ3v) is 4.20. The van der Waals surface area contributed by atoms with Crippen molar-refractivity contribution in [2.24, 2.45) is 5.92 Å². The van der Waals surface area contributed by atoms with Crippen molar-refractivity contribution >= 4 is 22.2 Å². The molecule has 0 amide bonds. The summed E-state index contributed by atoms with van der Waals surface area (Å²) in [7, 11) is 2.07. The Morgan fingerprint density at radius 3 is 2.94 bits per heavy atom. The van der Waals surface area contributed by atoms with Gasteiger partial charge in [0.2, 0.25) is 0 Å². The smallest absolute Gasteiger partial charge is 0.123 e. The van der Waals surface area contributed by atoms with Crippen LogP contribution in [-0.2, 0) is 4.79 Å². The number of halogens is 1. The maximum atomic E-state index is 10.9. The van der Waals surface area contributed by atoms with Crippen LogP contribution >= 0.6 is 15.9 Å². The van der Waals surface area contributed by atoms with E-state index in [9.17, 15) is 4.79 Å². The fourth-order valence-corrected chi connectivity index (χ4v) is 2.94. The molecular formula is C12H15BrN2O. The number of aldehydes is 1. The van der Waals surface area contributed by atoms with Gasteiger partial charge in [-0.2, -0.15) is 0 Å². The molecule has 3 atom stereocenters. The predicted octanol–water partition coefficient (Wildman–Crippen LogP) is 2.38. The van der Waals surface area contributed by atoms with Crippen LogP contribution in [0.4, 0.5) is 0 Å². The van der Waals surface area contributed by atoms with Gasteiger partial charge in [-0.1, -0.05) is 22.0 Å². The molecule has 0 bridgehead atoms. The fourth-order valence-electron chi connectivity index (χ4n) is 2.17. The Kier molecular flexibility index (Phi) is 3.71. The molecule has 0 saturated carbocycles. The minimum absolute atomic E-state index is 0.132. The summed E-state index contributed by atoms with van der Waals surface area (Å²) in [4.78, 5) is 17.8. The molecule has 1 aliphatic rings. The van der Waals surface area contributed by atoms with E-state index in [-0.39, 0.29) is 16.9 Å². The second kappa shape index (κ2) is 5.06. The normalized spacial score (nSPS) is 31.2. The van der Waals surface area contributed by atoms with Crippen LogP contribution in [0.3, 0.4) is 0 Å². The molecule has 0 radical (unpaired) electrons. The van der Waals surface area contributed by atoms with Crippen molar-refractivity contribution in [3.63, 3.8) is 0 Å². The molecule has 3 unspecified atom stereocenters. The molecule has 1 fully saturated rings. The summed E-state index contributed by atoms with van der Waals surface area (Å²) in [5.41, 5.74) is 1.04. The van der Waals surface area contributed by atoms with E-state index in [1.165, 1.54) is 0 Å². The maximum Gasteiger partial charge on any atom is 0.123 e. The Balaban J connectivity index is 2.22. The van der Waals surface area contributed by atoms with Gasteiger partial charge in [0.1, 0.15) is 6.29 Å². The minimum atomic E-state index is 0.132. The van der Waals surface area contributed by atoms with Crippen LogP contribution in [0.5, 0.6) is 0 Å². The molecule has 0 aliphatic carbocycles. The number of rotatable bonds is 2. The summed E-state index contributed by atoms with van der Waals surface area (Å²) in [6.07, 6.45) is 4.61. The van der Waals surface area contributed by atoms with Crippen LogP contribution in [0.1, 0.15) is 24.6 Å². The number of carbonyl (C=O) groups is 1. The second-order valence-corrected chi connectivity index (χ2v) is 5.29. The second-order valence-electron chi connectivity index (χ2n) is 4.24. The van der Waals surface area contributed by atoms with E-state index in [0.717, 1.165) is 24.8 Å². The van der Waals surface area contributed by atoms with Gasteiger partial charge in [0.25, 0.3) is 0 Å². The van der Waals surface area contributed by atoms with Gasteiger partial charge in [-0.05, 0) is 32.0 Å². The molecule has 4 heteroatoms. The zero-order chi connectivity index (χ0) is 11.5. The minimum Gasteiger partial charge on any atom is -0.303 e. The first-order chi connectivity index (χ1) is 7.72. The highest BCUT2D eigenvalue weighted by Gasteiger charge is 2.33. The molecule has 2 rings (SSSR count). The molecule has 16 heavy (non-hydrogen) atoms. The molecule has 1 saturated heterocycles. The number of piperidine rings is 1. The number of nitrogens with zero attached hydrogens (tertiary/aromatic N) is 2. The van der Waals surface area contributed by atoms with Crippen molar-refractivity contribution in [3.05, 3.63) is 30.1 Å². The monoisotopic (exact) mass is 282 g/mol. The third kappa shape index (κ3) is 2.33. The average Bonchev–Trinajstić information content (AvgIpc) is 2.33. The fraction of sp³-hybridized carbons (Fsp3) is 0.500. The standard InChI is InChI=1S/C12H15BrN2O/c1-15-11(10-4-2-3-5-14-10)6-9(8-16)7-12(15)13/h2-5,8-9,11-12H,6-7H2,1H3. The SMILES string of the molecule is CN1C(Br)CC(C=O)CC1c1ccccn1. The van der Waals surface area contributed by atoms with Gasteiger partial charge >= 0.3 is 0 Å². The van der Waals surface area contributed by atoms with Crippen LogP contribution < -0.4 is 0 Å². The van der Waals surface area contributed by atoms with Gasteiger partial charge in [0.15, 0.2) is 0 Å². The third-order valence-electron chi connectivity index (χ3n) is 3.18. The Morgan fingerprint density at radius 1 is 1.50 bits per heavy atom. The summed E-state index contributed by atoms with van der Waals surface area (Å²) < 4.78 is 0. The van der Waals surface area contributed by atoms with Crippen molar-refractivity contribution in [3.8, 4) is 0 Å². The van der Waals surface area contributed by atoms with Gasteiger partial charge in [-0.3, -0.25) is 9.88 Å². The molecule has 0 aromatic carbocycles. The van der Waals surface area contributed by atoms with Gasteiger partial charge in [0, 0.05) is 12.1 Å². The number of alkyl halides is 1. The lowest BCUT2D eigenvalue weighted by atomic mass is 9.90. The molecule has 1 aliphatic heterocycles. The Morgan fingerprint density at radius 2 is 2.31 bits per heavy atom. The number of hydrogen-bond acceptors (Lipinski definition) is 3. The molecule has 0 spiro atoms. The molecule has 3 nitrogen and oxygen atoms in total. The lowest BCUT2D eigenvalue weighted by molar-refractivity contribution is -0.113. The van der Waals surface area contributed by atoms with Crippen molar-refractivity contribution in [2.75, 3.05) is 7.05 Å². The highest BCUT2D eigenvalue weighted by Crippen LogP contribution is 2.36. The topological polar surface area (TPSA) is 33.2 Å². The number of pyridine rings is 1.